The van der Waals surface area contributed by atoms with Gasteiger partial charge in [0.2, 0.25) is 0 Å². The molecule has 0 radical (unpaired) electrons. The molecule has 1 unspecified atom stereocenters. The fourth-order valence-electron chi connectivity index (χ4n) is 3.19. The number of aryl methyl sites for hydroxylation is 2. The summed E-state index contributed by atoms with van der Waals surface area (Å²) >= 11 is 1.28. The minimum Gasteiger partial charge on any atom is -0.291 e. The molecule has 6 heteroatoms. The van der Waals surface area contributed by atoms with Crippen LogP contribution in [0.5, 0.6) is 0 Å². The van der Waals surface area contributed by atoms with Crippen molar-refractivity contribution in [2.75, 3.05) is 4.31 Å². The van der Waals surface area contributed by atoms with Crippen molar-refractivity contribution in [2.45, 2.75) is 29.0 Å². The number of carbonyl (C=O) groups excluding carboxylic acids is 1. The Morgan fingerprint density at radius 2 is 1.54 bits per heavy atom. The number of thioether (sulfide) groups is 1. The van der Waals surface area contributed by atoms with Gasteiger partial charge in [-0.05, 0) is 43.7 Å². The Balaban J connectivity index is 1.89. The van der Waals surface area contributed by atoms with Crippen LogP contribution in [0, 0.1) is 13.8 Å². The number of hydrogen-bond donors (Lipinski definition) is 0. The van der Waals surface area contributed by atoms with Crippen molar-refractivity contribution in [1.29, 1.82) is 0 Å². The van der Waals surface area contributed by atoms with E-state index in [2.05, 4.69) is 0 Å². The SMILES string of the molecule is Cc1ccc(C(=O)C2Sc3cc(C)ccc3S(=O)(=O)N2c2ccccc2)cc1. The predicted molar refractivity (Wildman–Crippen MR) is 112 cm³/mol. The van der Waals surface area contributed by atoms with Gasteiger partial charge in [0.05, 0.1) is 5.69 Å². The number of anilines is 1. The zero-order valence-corrected chi connectivity index (χ0v) is 17.1. The fraction of sp³-hybridized carbons (Fsp3) is 0.136. The molecule has 0 amide bonds. The Morgan fingerprint density at radius 3 is 2.21 bits per heavy atom. The number of rotatable bonds is 3. The minimum absolute atomic E-state index is 0.232. The lowest BCUT2D eigenvalue weighted by Gasteiger charge is -2.36. The molecule has 0 bridgehead atoms. The quantitative estimate of drug-likeness (QED) is 0.583. The highest BCUT2D eigenvalue weighted by atomic mass is 32.2. The number of ketones is 1. The molecule has 4 rings (SSSR count). The summed E-state index contributed by atoms with van der Waals surface area (Å²) in [5.41, 5.74) is 2.97. The summed E-state index contributed by atoms with van der Waals surface area (Å²) in [4.78, 5) is 14.2. The van der Waals surface area contributed by atoms with Gasteiger partial charge in [-0.1, -0.05) is 65.9 Å². The maximum Gasteiger partial charge on any atom is 0.266 e. The summed E-state index contributed by atoms with van der Waals surface area (Å²) in [6.07, 6.45) is 0. The Bertz CT molecular complexity index is 1140. The molecule has 0 spiro atoms. The van der Waals surface area contributed by atoms with Gasteiger partial charge in [-0.2, -0.15) is 0 Å². The molecule has 1 atom stereocenters. The highest BCUT2D eigenvalue weighted by molar-refractivity contribution is 8.04. The summed E-state index contributed by atoms with van der Waals surface area (Å²) in [5, 5.41) is -0.899. The fourth-order valence-corrected chi connectivity index (χ4v) is 6.77. The number of fused-ring (bicyclic) bond motifs is 1. The van der Waals surface area contributed by atoms with Gasteiger partial charge in [0, 0.05) is 10.5 Å². The Kier molecular flexibility index (Phi) is 4.77. The number of Topliss-reactive ketones (excluding diaryl/α,β-unsaturated/α-hetero) is 1. The Hall–Kier alpha value is -2.57. The summed E-state index contributed by atoms with van der Waals surface area (Å²) < 4.78 is 28.2. The normalized spacial score (nSPS) is 17.8. The van der Waals surface area contributed by atoms with E-state index in [-0.39, 0.29) is 10.7 Å². The zero-order chi connectivity index (χ0) is 19.9. The van der Waals surface area contributed by atoms with Gasteiger partial charge in [0.1, 0.15) is 4.90 Å². The third-order valence-corrected chi connectivity index (χ3v) is 8.01. The third kappa shape index (κ3) is 3.23. The number of para-hydroxylation sites is 1. The number of nitrogens with zero attached hydrogens (tertiary/aromatic N) is 1. The molecular weight excluding hydrogens is 390 g/mol. The van der Waals surface area contributed by atoms with Crippen LogP contribution in [-0.2, 0) is 10.0 Å². The summed E-state index contributed by atoms with van der Waals surface area (Å²) in [6.45, 7) is 3.86. The van der Waals surface area contributed by atoms with Crippen LogP contribution in [0.1, 0.15) is 21.5 Å². The second-order valence-corrected chi connectivity index (χ2v) is 9.69. The molecule has 0 saturated carbocycles. The average Bonchev–Trinajstić information content (AvgIpc) is 2.67. The average molecular weight is 410 g/mol. The molecule has 1 aliphatic heterocycles. The van der Waals surface area contributed by atoms with Gasteiger partial charge < -0.3 is 0 Å². The van der Waals surface area contributed by atoms with Crippen molar-refractivity contribution in [1.82, 2.24) is 0 Å². The second-order valence-electron chi connectivity index (χ2n) is 6.79. The Morgan fingerprint density at radius 1 is 0.893 bits per heavy atom. The van der Waals surface area contributed by atoms with Crippen molar-refractivity contribution in [3.8, 4) is 0 Å². The molecule has 0 saturated heterocycles. The monoisotopic (exact) mass is 409 g/mol. The highest BCUT2D eigenvalue weighted by Gasteiger charge is 2.43. The van der Waals surface area contributed by atoms with Gasteiger partial charge >= 0.3 is 0 Å². The van der Waals surface area contributed by atoms with Crippen LogP contribution in [0.25, 0.3) is 0 Å². The maximum absolute atomic E-state index is 13.5. The summed E-state index contributed by atoms with van der Waals surface area (Å²) in [7, 11) is -3.87. The van der Waals surface area contributed by atoms with Crippen LogP contribution in [-0.4, -0.2) is 19.6 Å². The molecule has 142 valence electrons. The van der Waals surface area contributed by atoms with E-state index in [4.69, 9.17) is 0 Å². The van der Waals surface area contributed by atoms with Gasteiger partial charge in [-0.3, -0.25) is 4.79 Å². The molecule has 1 heterocycles. The van der Waals surface area contributed by atoms with E-state index < -0.39 is 15.4 Å². The van der Waals surface area contributed by atoms with Crippen molar-refractivity contribution in [2.24, 2.45) is 0 Å². The first-order valence-corrected chi connectivity index (χ1v) is 11.2. The lowest BCUT2D eigenvalue weighted by atomic mass is 10.1. The van der Waals surface area contributed by atoms with Crippen LogP contribution in [0.4, 0.5) is 5.69 Å². The van der Waals surface area contributed by atoms with E-state index in [1.165, 1.54) is 16.1 Å². The van der Waals surface area contributed by atoms with Gasteiger partial charge in [-0.25, -0.2) is 12.7 Å². The molecular formula is C22H19NO3S2. The lowest BCUT2D eigenvalue weighted by molar-refractivity contribution is 0.0991. The molecule has 3 aromatic carbocycles. The first-order valence-electron chi connectivity index (χ1n) is 8.85. The molecule has 3 aromatic rings. The second kappa shape index (κ2) is 7.11. The van der Waals surface area contributed by atoms with Crippen molar-refractivity contribution < 1.29 is 13.2 Å². The molecule has 0 aliphatic carbocycles. The minimum atomic E-state index is -3.87. The highest BCUT2D eigenvalue weighted by Crippen LogP contribution is 2.44. The van der Waals surface area contributed by atoms with Crippen LogP contribution >= 0.6 is 11.8 Å². The van der Waals surface area contributed by atoms with E-state index in [0.29, 0.717) is 16.1 Å². The number of hydrogen-bond acceptors (Lipinski definition) is 4. The molecule has 0 N–H and O–H groups in total. The van der Waals surface area contributed by atoms with Gasteiger partial charge in [-0.15, -0.1) is 0 Å². The van der Waals surface area contributed by atoms with Crippen molar-refractivity contribution >= 4 is 33.3 Å². The van der Waals surface area contributed by atoms with E-state index in [1.807, 2.05) is 38.1 Å². The maximum atomic E-state index is 13.5. The molecule has 0 aromatic heterocycles. The van der Waals surface area contributed by atoms with Gasteiger partial charge in [0.15, 0.2) is 11.2 Å². The smallest absolute Gasteiger partial charge is 0.266 e. The molecule has 0 fully saturated rings. The first-order chi connectivity index (χ1) is 13.4. The van der Waals surface area contributed by atoms with E-state index >= 15 is 0 Å². The van der Waals surface area contributed by atoms with E-state index in [1.54, 1.807) is 48.5 Å². The van der Waals surface area contributed by atoms with Crippen LogP contribution in [0.3, 0.4) is 0 Å². The third-order valence-electron chi connectivity index (χ3n) is 4.66. The van der Waals surface area contributed by atoms with E-state index in [0.717, 1.165) is 11.1 Å². The van der Waals surface area contributed by atoms with Crippen molar-refractivity contribution in [3.05, 3.63) is 89.5 Å². The lowest BCUT2D eigenvalue weighted by Crippen LogP contribution is -2.46. The molecule has 1 aliphatic rings. The summed E-state index contributed by atoms with van der Waals surface area (Å²) in [6, 6.07) is 21.2. The van der Waals surface area contributed by atoms with Crippen LogP contribution in [0.2, 0.25) is 0 Å². The number of sulfonamides is 1. The summed E-state index contributed by atoms with van der Waals surface area (Å²) in [5.74, 6) is -0.232. The molecule has 28 heavy (non-hydrogen) atoms. The zero-order valence-electron chi connectivity index (χ0n) is 15.5. The van der Waals surface area contributed by atoms with Gasteiger partial charge in [0.25, 0.3) is 10.0 Å². The van der Waals surface area contributed by atoms with E-state index in [9.17, 15) is 13.2 Å². The standard InChI is InChI=1S/C22H19NO3S2/c1-15-8-11-17(12-9-15)21(24)22-23(18-6-4-3-5-7-18)28(25,26)20-13-10-16(2)14-19(20)27-22/h3-14,22H,1-2H3. The Labute approximate surface area is 169 Å². The number of carbonyl (C=O) groups is 1. The number of benzene rings is 3. The molecule has 4 nitrogen and oxygen atoms in total. The predicted octanol–water partition coefficient (Wildman–Crippen LogP) is 4.81. The topological polar surface area (TPSA) is 54.5 Å². The van der Waals surface area contributed by atoms with Crippen LogP contribution in [0.15, 0.2) is 82.6 Å². The van der Waals surface area contributed by atoms with Crippen LogP contribution < -0.4 is 4.31 Å². The van der Waals surface area contributed by atoms with Crippen molar-refractivity contribution in [3.63, 3.8) is 0 Å². The first kappa shape index (κ1) is 18.8. The largest absolute Gasteiger partial charge is 0.291 e.